The molecule has 2 N–H and O–H groups in total. The van der Waals surface area contributed by atoms with Crippen molar-refractivity contribution in [2.24, 2.45) is 5.14 Å². The van der Waals surface area contributed by atoms with Crippen LogP contribution in [-0.4, -0.2) is 23.4 Å². The molecule has 0 aliphatic heterocycles. The van der Waals surface area contributed by atoms with E-state index in [4.69, 9.17) is 5.14 Å². The van der Waals surface area contributed by atoms with Gasteiger partial charge in [0.1, 0.15) is 5.69 Å². The minimum atomic E-state index is -3.88. The zero-order valence-corrected chi connectivity index (χ0v) is 11.5. The molecule has 0 saturated carbocycles. The SMILES string of the molecule is CCCCn1nnc(S(N)(=O)=O)c1-c1ccccc1. The number of aryl methyl sites for hydroxylation is 1. The number of unbranched alkanes of at least 4 members (excludes halogenated alkanes) is 1. The highest BCUT2D eigenvalue weighted by Gasteiger charge is 2.23. The number of hydrogen-bond acceptors (Lipinski definition) is 4. The van der Waals surface area contributed by atoms with E-state index in [1.807, 2.05) is 30.3 Å². The third-order valence-electron chi connectivity index (χ3n) is 2.74. The molecular formula is C12H16N4O2S. The molecule has 0 atom stereocenters. The number of nitrogens with two attached hydrogens (primary N) is 1. The van der Waals surface area contributed by atoms with Crippen molar-refractivity contribution in [3.05, 3.63) is 30.3 Å². The molecule has 19 heavy (non-hydrogen) atoms. The number of benzene rings is 1. The van der Waals surface area contributed by atoms with E-state index < -0.39 is 10.0 Å². The molecule has 0 saturated heterocycles. The molecule has 0 fully saturated rings. The van der Waals surface area contributed by atoms with Crippen molar-refractivity contribution in [3.8, 4) is 11.3 Å². The lowest BCUT2D eigenvalue weighted by atomic mass is 10.1. The molecule has 0 spiro atoms. The maximum Gasteiger partial charge on any atom is 0.259 e. The van der Waals surface area contributed by atoms with E-state index in [1.165, 1.54) is 0 Å². The number of hydrogen-bond donors (Lipinski definition) is 1. The molecule has 0 unspecified atom stereocenters. The molecule has 102 valence electrons. The van der Waals surface area contributed by atoms with Gasteiger partial charge in [-0.15, -0.1) is 5.10 Å². The summed E-state index contributed by atoms with van der Waals surface area (Å²) in [6, 6.07) is 9.16. The Morgan fingerprint density at radius 1 is 1.26 bits per heavy atom. The average molecular weight is 280 g/mol. The van der Waals surface area contributed by atoms with Gasteiger partial charge in [-0.1, -0.05) is 48.9 Å². The molecule has 1 aromatic heterocycles. The molecule has 0 bridgehead atoms. The molecule has 2 aromatic rings. The van der Waals surface area contributed by atoms with Crippen LogP contribution >= 0.6 is 0 Å². The lowest BCUT2D eigenvalue weighted by molar-refractivity contribution is 0.557. The first kappa shape index (κ1) is 13.7. The highest BCUT2D eigenvalue weighted by Crippen LogP contribution is 2.24. The van der Waals surface area contributed by atoms with E-state index in [2.05, 4.69) is 17.2 Å². The summed E-state index contributed by atoms with van der Waals surface area (Å²) in [6.07, 6.45) is 1.88. The summed E-state index contributed by atoms with van der Waals surface area (Å²) in [4.78, 5) is 0. The fourth-order valence-corrected chi connectivity index (χ4v) is 2.46. The van der Waals surface area contributed by atoms with E-state index in [0.29, 0.717) is 12.2 Å². The number of aromatic nitrogens is 3. The van der Waals surface area contributed by atoms with Crippen molar-refractivity contribution in [2.45, 2.75) is 31.3 Å². The van der Waals surface area contributed by atoms with E-state index in [0.717, 1.165) is 18.4 Å². The summed E-state index contributed by atoms with van der Waals surface area (Å²) in [5, 5.41) is 12.6. The maximum atomic E-state index is 11.6. The van der Waals surface area contributed by atoms with Crippen molar-refractivity contribution in [1.29, 1.82) is 0 Å². The zero-order chi connectivity index (χ0) is 13.9. The quantitative estimate of drug-likeness (QED) is 0.896. The number of rotatable bonds is 5. The molecule has 7 heteroatoms. The van der Waals surface area contributed by atoms with Crippen LogP contribution in [0.2, 0.25) is 0 Å². The van der Waals surface area contributed by atoms with Crippen LogP contribution in [0.5, 0.6) is 0 Å². The molecular weight excluding hydrogens is 264 g/mol. The van der Waals surface area contributed by atoms with E-state index in [1.54, 1.807) is 4.68 Å². The highest BCUT2D eigenvalue weighted by molar-refractivity contribution is 7.89. The largest absolute Gasteiger partial charge is 0.259 e. The van der Waals surface area contributed by atoms with Gasteiger partial charge in [0, 0.05) is 12.1 Å². The molecule has 2 rings (SSSR count). The van der Waals surface area contributed by atoms with Gasteiger partial charge in [-0.25, -0.2) is 18.2 Å². The van der Waals surface area contributed by atoms with Gasteiger partial charge in [0.25, 0.3) is 10.0 Å². The lowest BCUT2D eigenvalue weighted by Crippen LogP contribution is -2.14. The summed E-state index contributed by atoms with van der Waals surface area (Å²) in [6.45, 7) is 2.67. The predicted molar refractivity (Wildman–Crippen MR) is 71.7 cm³/mol. The first-order chi connectivity index (χ1) is 9.04. The van der Waals surface area contributed by atoms with Crippen molar-refractivity contribution in [2.75, 3.05) is 0 Å². The van der Waals surface area contributed by atoms with Gasteiger partial charge in [-0.3, -0.25) is 0 Å². The first-order valence-electron chi connectivity index (χ1n) is 6.05. The van der Waals surface area contributed by atoms with Crippen LogP contribution < -0.4 is 5.14 Å². The monoisotopic (exact) mass is 280 g/mol. The average Bonchev–Trinajstić information content (AvgIpc) is 2.81. The highest BCUT2D eigenvalue weighted by atomic mass is 32.2. The fourth-order valence-electron chi connectivity index (χ4n) is 1.82. The number of nitrogens with zero attached hydrogens (tertiary/aromatic N) is 3. The zero-order valence-electron chi connectivity index (χ0n) is 10.7. The Balaban J connectivity index is 2.57. The second-order valence-electron chi connectivity index (χ2n) is 4.23. The Morgan fingerprint density at radius 3 is 2.53 bits per heavy atom. The Bertz CT molecular complexity index is 650. The molecule has 1 aromatic carbocycles. The summed E-state index contributed by atoms with van der Waals surface area (Å²) in [5.74, 6) is 0. The van der Waals surface area contributed by atoms with Gasteiger partial charge in [-0.2, -0.15) is 0 Å². The van der Waals surface area contributed by atoms with Gasteiger partial charge >= 0.3 is 0 Å². The first-order valence-corrected chi connectivity index (χ1v) is 7.60. The Labute approximate surface area is 112 Å². The summed E-state index contributed by atoms with van der Waals surface area (Å²) in [5.41, 5.74) is 1.20. The minimum absolute atomic E-state index is 0.171. The van der Waals surface area contributed by atoms with E-state index >= 15 is 0 Å². The predicted octanol–water partition coefficient (Wildman–Crippen LogP) is 1.39. The third-order valence-corrected chi connectivity index (χ3v) is 3.56. The third kappa shape index (κ3) is 2.99. The lowest BCUT2D eigenvalue weighted by Gasteiger charge is -2.06. The van der Waals surface area contributed by atoms with Gasteiger partial charge in [0.2, 0.25) is 5.03 Å². The molecule has 0 aliphatic rings. The van der Waals surface area contributed by atoms with Crippen molar-refractivity contribution in [3.63, 3.8) is 0 Å². The van der Waals surface area contributed by atoms with Crippen LogP contribution in [0.4, 0.5) is 0 Å². The van der Waals surface area contributed by atoms with Gasteiger partial charge in [0.15, 0.2) is 0 Å². The fraction of sp³-hybridized carbons (Fsp3) is 0.333. The van der Waals surface area contributed by atoms with Crippen LogP contribution in [0.1, 0.15) is 19.8 Å². The van der Waals surface area contributed by atoms with Gasteiger partial charge < -0.3 is 0 Å². The Hall–Kier alpha value is -1.73. The molecule has 0 aliphatic carbocycles. The summed E-state index contributed by atoms with van der Waals surface area (Å²) < 4.78 is 24.7. The van der Waals surface area contributed by atoms with Crippen LogP contribution in [0.15, 0.2) is 35.4 Å². The summed E-state index contributed by atoms with van der Waals surface area (Å²) in [7, 11) is -3.88. The Morgan fingerprint density at radius 2 is 1.95 bits per heavy atom. The minimum Gasteiger partial charge on any atom is -0.243 e. The molecule has 1 heterocycles. The van der Waals surface area contributed by atoms with Crippen LogP contribution in [0, 0.1) is 0 Å². The molecule has 0 radical (unpaired) electrons. The number of sulfonamides is 1. The van der Waals surface area contributed by atoms with Crippen molar-refractivity contribution < 1.29 is 8.42 Å². The van der Waals surface area contributed by atoms with Crippen molar-refractivity contribution >= 4 is 10.0 Å². The molecule has 6 nitrogen and oxygen atoms in total. The van der Waals surface area contributed by atoms with Crippen LogP contribution in [-0.2, 0) is 16.6 Å². The van der Waals surface area contributed by atoms with E-state index in [9.17, 15) is 8.42 Å². The van der Waals surface area contributed by atoms with Crippen LogP contribution in [0.3, 0.4) is 0 Å². The second kappa shape index (κ2) is 5.50. The van der Waals surface area contributed by atoms with Gasteiger partial charge in [0.05, 0.1) is 0 Å². The van der Waals surface area contributed by atoms with Crippen LogP contribution in [0.25, 0.3) is 11.3 Å². The summed E-state index contributed by atoms with van der Waals surface area (Å²) >= 11 is 0. The van der Waals surface area contributed by atoms with E-state index in [-0.39, 0.29) is 5.03 Å². The smallest absolute Gasteiger partial charge is 0.243 e. The number of primary sulfonamides is 1. The maximum absolute atomic E-state index is 11.6. The standard InChI is InChI=1S/C12H16N4O2S/c1-2-3-9-16-11(10-7-5-4-6-8-10)12(14-15-16)19(13,17)18/h4-8H,2-3,9H2,1H3,(H2,13,17,18). The normalized spacial score (nSPS) is 11.7. The molecule has 0 amide bonds. The topological polar surface area (TPSA) is 90.9 Å². The second-order valence-corrected chi connectivity index (χ2v) is 5.71. The van der Waals surface area contributed by atoms with Gasteiger partial charge in [-0.05, 0) is 6.42 Å². The van der Waals surface area contributed by atoms with Crippen molar-refractivity contribution in [1.82, 2.24) is 15.0 Å². The Kier molecular flexibility index (Phi) is 3.96.